The van der Waals surface area contributed by atoms with Crippen LogP contribution in [0, 0.1) is 0 Å². The first-order valence-electron chi connectivity index (χ1n) is 9.94. The highest BCUT2D eigenvalue weighted by atomic mass is 32.2. The van der Waals surface area contributed by atoms with Crippen LogP contribution in [-0.4, -0.2) is 53.8 Å². The first-order chi connectivity index (χ1) is 14.9. The molecule has 1 aliphatic heterocycles. The molecule has 0 radical (unpaired) electrons. The topological polar surface area (TPSA) is 84.9 Å². The van der Waals surface area contributed by atoms with Crippen LogP contribution in [0.4, 0.5) is 9.59 Å². The van der Waals surface area contributed by atoms with Gasteiger partial charge in [-0.1, -0.05) is 73.5 Å². The molecule has 1 saturated heterocycles. The van der Waals surface area contributed by atoms with Crippen LogP contribution in [-0.2, 0) is 14.3 Å². The Morgan fingerprint density at radius 1 is 1.16 bits per heavy atom. The minimum atomic E-state index is -0.498. The highest BCUT2D eigenvalue weighted by Gasteiger charge is 2.37. The first kappa shape index (κ1) is 24.3. The van der Waals surface area contributed by atoms with Gasteiger partial charge in [0.25, 0.3) is 0 Å². The van der Waals surface area contributed by atoms with Crippen LogP contribution in [0.2, 0.25) is 0 Å². The molecule has 1 aliphatic rings. The Kier molecular flexibility index (Phi) is 9.90. The third-order valence-corrected chi connectivity index (χ3v) is 5.49. The minimum absolute atomic E-state index is 0.0327. The van der Waals surface area contributed by atoms with E-state index in [2.05, 4.69) is 18.5 Å². The van der Waals surface area contributed by atoms with Crippen LogP contribution in [0.3, 0.4) is 0 Å². The number of alkyl carbamates (subject to hydrolysis) is 1. The van der Waals surface area contributed by atoms with E-state index in [9.17, 15) is 14.4 Å². The van der Waals surface area contributed by atoms with Gasteiger partial charge in [0, 0.05) is 25.3 Å². The van der Waals surface area contributed by atoms with Gasteiger partial charge >= 0.3 is 12.2 Å². The normalized spacial score (nSPS) is 17.9. The minimum Gasteiger partial charge on any atom is -0.445 e. The van der Waals surface area contributed by atoms with E-state index in [0.717, 1.165) is 11.1 Å². The zero-order valence-corrected chi connectivity index (χ0v) is 18.4. The number of ether oxygens (including phenoxy) is 2. The lowest BCUT2D eigenvalue weighted by Gasteiger charge is -2.24. The Morgan fingerprint density at radius 3 is 2.48 bits per heavy atom. The summed E-state index contributed by atoms with van der Waals surface area (Å²) in [4.78, 5) is 37.0. The predicted octanol–water partition coefficient (Wildman–Crippen LogP) is 4.33. The van der Waals surface area contributed by atoms with Crippen molar-refractivity contribution in [3.8, 4) is 0 Å². The largest absolute Gasteiger partial charge is 0.445 e. The summed E-state index contributed by atoms with van der Waals surface area (Å²) in [7, 11) is 0. The Morgan fingerprint density at radius 2 is 1.84 bits per heavy atom. The maximum absolute atomic E-state index is 12.5. The second-order valence-electron chi connectivity index (χ2n) is 6.84. The van der Waals surface area contributed by atoms with E-state index in [1.807, 2.05) is 36.4 Å². The molecule has 2 amide bonds. The van der Waals surface area contributed by atoms with Crippen LogP contribution < -0.4 is 5.32 Å². The summed E-state index contributed by atoms with van der Waals surface area (Å²) in [6.45, 7) is 9.70. The number of nitrogens with one attached hydrogen (secondary N) is 1. The van der Waals surface area contributed by atoms with Gasteiger partial charge in [0.15, 0.2) is 5.12 Å². The molecular formula is C23H28N2O5S. The third kappa shape index (κ3) is 7.97. The van der Waals surface area contributed by atoms with Crippen molar-refractivity contribution in [2.75, 3.05) is 26.3 Å². The number of thioether (sulfide) groups is 1. The molecule has 2 atom stereocenters. The van der Waals surface area contributed by atoms with Gasteiger partial charge in [-0.3, -0.25) is 4.79 Å². The van der Waals surface area contributed by atoms with E-state index in [1.165, 1.54) is 30.8 Å². The molecule has 166 valence electrons. The van der Waals surface area contributed by atoms with Crippen molar-refractivity contribution in [2.24, 2.45) is 0 Å². The molecule has 1 fully saturated rings. The zero-order chi connectivity index (χ0) is 22.6. The number of likely N-dealkylation sites (tertiary alicyclic amines) is 1. The second kappa shape index (κ2) is 12.6. The van der Waals surface area contributed by atoms with Crippen molar-refractivity contribution in [1.29, 1.82) is 0 Å². The Labute approximate surface area is 187 Å². The van der Waals surface area contributed by atoms with Gasteiger partial charge < -0.3 is 19.7 Å². The average Bonchev–Trinajstić information content (AvgIpc) is 3.17. The molecule has 2 rings (SSSR count). The third-order valence-electron chi connectivity index (χ3n) is 4.48. The van der Waals surface area contributed by atoms with Crippen molar-refractivity contribution < 1.29 is 23.9 Å². The molecule has 0 saturated carbocycles. The summed E-state index contributed by atoms with van der Waals surface area (Å²) in [5.41, 5.74) is 1.93. The second-order valence-corrected chi connectivity index (χ2v) is 8.32. The summed E-state index contributed by atoms with van der Waals surface area (Å²) >= 11 is 1.26. The summed E-state index contributed by atoms with van der Waals surface area (Å²) in [5.74, 6) is 0. The van der Waals surface area contributed by atoms with Crippen LogP contribution >= 0.6 is 11.8 Å². The van der Waals surface area contributed by atoms with E-state index in [-0.39, 0.29) is 29.6 Å². The molecule has 0 aromatic heterocycles. The molecule has 1 aromatic rings. The standard InChI is InChI=1S/C23H28N2O5S/c1-4-13-29-22(27)24-12-6-7-18-8-10-19(11-9-18)21-15-20(31-17(3)26)16-25(21)23(28)30-14-5-2/h4-11,20-21H,1-2,12-16H2,3H3,(H,24,27)/t20-,21+/m0/s1. The van der Waals surface area contributed by atoms with Crippen molar-refractivity contribution in [3.63, 3.8) is 0 Å². The number of carbonyl (C=O) groups excluding carboxylic acids is 3. The molecule has 31 heavy (non-hydrogen) atoms. The lowest BCUT2D eigenvalue weighted by Crippen LogP contribution is -2.32. The predicted molar refractivity (Wildman–Crippen MR) is 123 cm³/mol. The van der Waals surface area contributed by atoms with Gasteiger partial charge in [-0.05, 0) is 17.5 Å². The van der Waals surface area contributed by atoms with E-state index in [4.69, 9.17) is 9.47 Å². The Hall–Kier alpha value is -3.00. The molecule has 0 unspecified atom stereocenters. The van der Waals surface area contributed by atoms with E-state index in [1.54, 1.807) is 4.90 Å². The molecule has 1 heterocycles. The molecule has 8 heteroatoms. The van der Waals surface area contributed by atoms with Gasteiger partial charge in [-0.25, -0.2) is 9.59 Å². The monoisotopic (exact) mass is 444 g/mol. The number of amides is 2. The zero-order valence-electron chi connectivity index (χ0n) is 17.6. The van der Waals surface area contributed by atoms with Crippen LogP contribution in [0.15, 0.2) is 55.7 Å². The maximum Gasteiger partial charge on any atom is 0.410 e. The number of hydrogen-bond acceptors (Lipinski definition) is 6. The summed E-state index contributed by atoms with van der Waals surface area (Å²) in [6, 6.07) is 7.66. The quantitative estimate of drug-likeness (QED) is 0.571. The number of nitrogens with zero attached hydrogens (tertiary/aromatic N) is 1. The van der Waals surface area contributed by atoms with Crippen LogP contribution in [0.1, 0.15) is 30.5 Å². The molecule has 0 bridgehead atoms. The Balaban J connectivity index is 2.00. The molecule has 1 aromatic carbocycles. The van der Waals surface area contributed by atoms with Crippen molar-refractivity contribution >= 4 is 35.1 Å². The smallest absolute Gasteiger partial charge is 0.410 e. The summed E-state index contributed by atoms with van der Waals surface area (Å²) in [6.07, 6.45) is 6.51. The van der Waals surface area contributed by atoms with Gasteiger partial charge in [0.1, 0.15) is 13.2 Å². The number of carbonyl (C=O) groups is 3. The molecule has 7 nitrogen and oxygen atoms in total. The van der Waals surface area contributed by atoms with Crippen molar-refractivity contribution in [2.45, 2.75) is 24.6 Å². The molecule has 1 N–H and O–H groups in total. The molecule has 0 aliphatic carbocycles. The van der Waals surface area contributed by atoms with Gasteiger partial charge in [-0.15, -0.1) is 0 Å². The van der Waals surface area contributed by atoms with Gasteiger partial charge in [-0.2, -0.15) is 0 Å². The lowest BCUT2D eigenvalue weighted by atomic mass is 10.0. The SMILES string of the molecule is C=CCOC(=O)NCC=Cc1ccc([C@H]2C[C@H](SC(C)=O)CN2C(=O)OCC=C)cc1. The summed E-state index contributed by atoms with van der Waals surface area (Å²) in [5, 5.41) is 2.68. The number of benzene rings is 1. The van der Waals surface area contributed by atoms with Crippen LogP contribution in [0.5, 0.6) is 0 Å². The van der Waals surface area contributed by atoms with E-state index < -0.39 is 12.2 Å². The maximum atomic E-state index is 12.5. The fourth-order valence-corrected chi connectivity index (χ4v) is 4.18. The number of rotatable bonds is 9. The highest BCUT2D eigenvalue weighted by molar-refractivity contribution is 8.14. The highest BCUT2D eigenvalue weighted by Crippen LogP contribution is 2.38. The molecular weight excluding hydrogens is 416 g/mol. The van der Waals surface area contributed by atoms with E-state index in [0.29, 0.717) is 19.5 Å². The lowest BCUT2D eigenvalue weighted by molar-refractivity contribution is -0.109. The van der Waals surface area contributed by atoms with Crippen molar-refractivity contribution in [1.82, 2.24) is 10.2 Å². The molecule has 0 spiro atoms. The fourth-order valence-electron chi connectivity index (χ4n) is 3.20. The van der Waals surface area contributed by atoms with Crippen molar-refractivity contribution in [3.05, 3.63) is 66.8 Å². The number of hydrogen-bond donors (Lipinski definition) is 1. The van der Waals surface area contributed by atoms with E-state index >= 15 is 0 Å². The van der Waals surface area contributed by atoms with Crippen LogP contribution in [0.25, 0.3) is 6.08 Å². The average molecular weight is 445 g/mol. The fraction of sp³-hybridized carbons (Fsp3) is 0.348. The first-order valence-corrected chi connectivity index (χ1v) is 10.8. The van der Waals surface area contributed by atoms with Gasteiger partial charge in [0.05, 0.1) is 6.04 Å². The summed E-state index contributed by atoms with van der Waals surface area (Å²) < 4.78 is 10.1. The Bertz CT molecular complexity index is 822. The van der Waals surface area contributed by atoms with Gasteiger partial charge in [0.2, 0.25) is 0 Å².